The van der Waals surface area contributed by atoms with Crippen LogP contribution in [0.3, 0.4) is 0 Å². The molecule has 154 valence electrons. The molecule has 2 amide bonds. The molecule has 0 saturated carbocycles. The van der Waals surface area contributed by atoms with Crippen LogP contribution in [0.15, 0.2) is 12.1 Å². The van der Waals surface area contributed by atoms with Crippen LogP contribution in [0.5, 0.6) is 0 Å². The molecular formula is C19H27N3O4S2. The molecule has 28 heavy (non-hydrogen) atoms. The highest BCUT2D eigenvalue weighted by molar-refractivity contribution is 7.88. The second kappa shape index (κ2) is 7.42. The molecule has 0 aromatic carbocycles. The van der Waals surface area contributed by atoms with Crippen molar-refractivity contribution in [3.8, 4) is 0 Å². The van der Waals surface area contributed by atoms with Gasteiger partial charge in [-0.3, -0.25) is 9.59 Å². The molecule has 3 fully saturated rings. The van der Waals surface area contributed by atoms with Gasteiger partial charge in [0.2, 0.25) is 21.8 Å². The number of sulfonamides is 1. The van der Waals surface area contributed by atoms with E-state index >= 15 is 0 Å². The molecule has 1 aromatic rings. The summed E-state index contributed by atoms with van der Waals surface area (Å²) in [4.78, 5) is 30.0. The fourth-order valence-corrected chi connectivity index (χ4v) is 6.83. The van der Waals surface area contributed by atoms with Crippen molar-refractivity contribution in [1.82, 2.24) is 14.5 Å². The Morgan fingerprint density at radius 1 is 1.29 bits per heavy atom. The van der Waals surface area contributed by atoms with Crippen LogP contribution in [0.25, 0.3) is 0 Å². The number of carbonyl (C=O) groups excluding carboxylic acids is 2. The van der Waals surface area contributed by atoms with Gasteiger partial charge < -0.3 is 10.2 Å². The molecule has 3 aliphatic heterocycles. The van der Waals surface area contributed by atoms with Crippen LogP contribution in [-0.2, 0) is 26.2 Å². The zero-order valence-corrected chi connectivity index (χ0v) is 17.9. The van der Waals surface area contributed by atoms with Crippen molar-refractivity contribution >= 4 is 33.2 Å². The van der Waals surface area contributed by atoms with E-state index < -0.39 is 16.1 Å². The number of thiophene rings is 1. The highest BCUT2D eigenvalue weighted by Crippen LogP contribution is 2.42. The summed E-state index contributed by atoms with van der Waals surface area (Å²) in [6.07, 6.45) is 4.15. The minimum atomic E-state index is -3.32. The standard InChI is InChI=1S/C19H27N3O4S2/c1-12-6-7-15(27-12)9-20-19(24)18-14-8-13(10-21(11-14)28(2,25)26)16-4-3-5-17(23)22(16)18/h6-7,13-14,16,18H,3-5,8-11H2,1-2H3,(H,20,24)/t13-,14+,16+,18-/m1/s1. The van der Waals surface area contributed by atoms with E-state index in [1.807, 2.05) is 19.1 Å². The van der Waals surface area contributed by atoms with Crippen LogP contribution in [0.2, 0.25) is 0 Å². The minimum Gasteiger partial charge on any atom is -0.349 e. The molecule has 0 aliphatic carbocycles. The van der Waals surface area contributed by atoms with Gasteiger partial charge in [-0.1, -0.05) is 0 Å². The van der Waals surface area contributed by atoms with E-state index in [1.165, 1.54) is 15.4 Å². The Bertz CT molecular complexity index is 881. The zero-order valence-electron chi connectivity index (χ0n) is 16.3. The summed E-state index contributed by atoms with van der Waals surface area (Å²) >= 11 is 1.64. The fourth-order valence-electron chi connectivity index (χ4n) is 5.08. The zero-order chi connectivity index (χ0) is 20.1. The van der Waals surface area contributed by atoms with Gasteiger partial charge in [0.15, 0.2) is 0 Å². The van der Waals surface area contributed by atoms with Gasteiger partial charge in [0.05, 0.1) is 12.8 Å². The fraction of sp³-hybridized carbons (Fsp3) is 0.684. The maximum absolute atomic E-state index is 13.2. The van der Waals surface area contributed by atoms with Crippen LogP contribution in [0.1, 0.15) is 35.4 Å². The summed E-state index contributed by atoms with van der Waals surface area (Å²) in [5.74, 6) is -0.172. The van der Waals surface area contributed by atoms with Crippen molar-refractivity contribution in [3.05, 3.63) is 21.9 Å². The summed E-state index contributed by atoms with van der Waals surface area (Å²) < 4.78 is 25.9. The van der Waals surface area contributed by atoms with Gasteiger partial charge in [-0.15, -0.1) is 11.3 Å². The average molecular weight is 426 g/mol. The molecule has 2 bridgehead atoms. The van der Waals surface area contributed by atoms with Gasteiger partial charge in [0, 0.05) is 41.2 Å². The van der Waals surface area contributed by atoms with Crippen molar-refractivity contribution in [1.29, 1.82) is 0 Å². The Morgan fingerprint density at radius 2 is 2.04 bits per heavy atom. The van der Waals surface area contributed by atoms with E-state index in [-0.39, 0.29) is 29.7 Å². The SMILES string of the molecule is Cc1ccc(CNC(=O)[C@H]2[C@H]3C[C@H](CN(S(C)(=O)=O)C3)[C@@H]3CCCC(=O)N32)s1. The quantitative estimate of drug-likeness (QED) is 0.789. The normalized spacial score (nSPS) is 30.8. The Morgan fingerprint density at radius 3 is 2.71 bits per heavy atom. The number of nitrogens with one attached hydrogen (secondary N) is 1. The summed E-state index contributed by atoms with van der Waals surface area (Å²) in [7, 11) is -3.32. The van der Waals surface area contributed by atoms with Gasteiger partial charge in [0.25, 0.3) is 0 Å². The lowest BCUT2D eigenvalue weighted by Gasteiger charge is -2.55. The molecule has 1 aromatic heterocycles. The van der Waals surface area contributed by atoms with E-state index in [1.54, 1.807) is 16.2 Å². The van der Waals surface area contributed by atoms with Crippen LogP contribution in [-0.4, -0.2) is 60.9 Å². The lowest BCUT2D eigenvalue weighted by Crippen LogP contribution is -2.68. The largest absolute Gasteiger partial charge is 0.349 e. The summed E-state index contributed by atoms with van der Waals surface area (Å²) in [5.41, 5.74) is 0. The molecule has 0 radical (unpaired) electrons. The molecule has 7 nitrogen and oxygen atoms in total. The Balaban J connectivity index is 1.58. The maximum Gasteiger partial charge on any atom is 0.243 e. The van der Waals surface area contributed by atoms with Gasteiger partial charge in [-0.05, 0) is 44.2 Å². The molecular weight excluding hydrogens is 398 g/mol. The summed E-state index contributed by atoms with van der Waals surface area (Å²) in [5, 5.41) is 3.00. The van der Waals surface area contributed by atoms with E-state index in [2.05, 4.69) is 5.32 Å². The number of amides is 2. The third-order valence-corrected chi connectivity index (χ3v) is 8.52. The first-order valence-corrected chi connectivity index (χ1v) is 12.5. The lowest BCUT2D eigenvalue weighted by molar-refractivity contribution is -0.158. The Labute approximate surface area is 170 Å². The number of nitrogens with zero attached hydrogens (tertiary/aromatic N) is 2. The van der Waals surface area contributed by atoms with Crippen LogP contribution in [0, 0.1) is 18.8 Å². The molecule has 4 rings (SSSR count). The van der Waals surface area contributed by atoms with E-state index in [9.17, 15) is 18.0 Å². The number of fused-ring (bicyclic) bond motifs is 4. The number of piperidine rings is 3. The first kappa shape index (κ1) is 19.8. The van der Waals surface area contributed by atoms with Gasteiger partial charge in [-0.2, -0.15) is 0 Å². The number of carbonyl (C=O) groups is 2. The lowest BCUT2D eigenvalue weighted by atomic mass is 9.72. The number of aryl methyl sites for hydroxylation is 1. The summed E-state index contributed by atoms with van der Waals surface area (Å²) in [6.45, 7) is 3.22. The van der Waals surface area contributed by atoms with Crippen LogP contribution >= 0.6 is 11.3 Å². The number of hydrogen-bond donors (Lipinski definition) is 1. The van der Waals surface area contributed by atoms with E-state index in [0.717, 1.165) is 24.1 Å². The van der Waals surface area contributed by atoms with Gasteiger partial charge in [0.1, 0.15) is 6.04 Å². The van der Waals surface area contributed by atoms with Gasteiger partial charge >= 0.3 is 0 Å². The molecule has 4 heterocycles. The van der Waals surface area contributed by atoms with Crippen LogP contribution < -0.4 is 5.32 Å². The highest BCUT2D eigenvalue weighted by Gasteiger charge is 2.52. The van der Waals surface area contributed by atoms with E-state index in [4.69, 9.17) is 0 Å². The molecule has 3 aliphatic rings. The Kier molecular flexibility index (Phi) is 5.26. The minimum absolute atomic E-state index is 0.0332. The highest BCUT2D eigenvalue weighted by atomic mass is 32.2. The third-order valence-electron chi connectivity index (χ3n) is 6.28. The average Bonchev–Trinajstić information content (AvgIpc) is 3.05. The van der Waals surface area contributed by atoms with Crippen LogP contribution in [0.4, 0.5) is 0 Å². The number of rotatable bonds is 4. The monoisotopic (exact) mass is 425 g/mol. The predicted molar refractivity (Wildman–Crippen MR) is 107 cm³/mol. The molecule has 3 saturated heterocycles. The number of hydrogen-bond acceptors (Lipinski definition) is 5. The van der Waals surface area contributed by atoms with Crippen molar-refractivity contribution < 1.29 is 18.0 Å². The topological polar surface area (TPSA) is 86.8 Å². The maximum atomic E-state index is 13.2. The molecule has 1 N–H and O–H groups in total. The Hall–Kier alpha value is -1.45. The van der Waals surface area contributed by atoms with Crippen molar-refractivity contribution in [3.63, 3.8) is 0 Å². The van der Waals surface area contributed by atoms with E-state index in [0.29, 0.717) is 26.1 Å². The second-order valence-electron chi connectivity index (χ2n) is 8.27. The first-order valence-electron chi connectivity index (χ1n) is 9.83. The third kappa shape index (κ3) is 3.71. The van der Waals surface area contributed by atoms with Crippen molar-refractivity contribution in [2.24, 2.45) is 11.8 Å². The molecule has 0 unspecified atom stereocenters. The summed E-state index contributed by atoms with van der Waals surface area (Å²) in [6, 6.07) is 3.39. The van der Waals surface area contributed by atoms with Gasteiger partial charge in [-0.25, -0.2) is 12.7 Å². The predicted octanol–water partition coefficient (Wildman–Crippen LogP) is 1.33. The van der Waals surface area contributed by atoms with Crippen molar-refractivity contribution in [2.45, 2.75) is 51.2 Å². The molecule has 4 atom stereocenters. The second-order valence-corrected chi connectivity index (χ2v) is 11.6. The molecule has 0 spiro atoms. The van der Waals surface area contributed by atoms with Crippen molar-refractivity contribution in [2.75, 3.05) is 19.3 Å². The molecule has 9 heteroatoms. The first-order chi connectivity index (χ1) is 13.2. The smallest absolute Gasteiger partial charge is 0.243 e.